The number of hydrogen-bond donors (Lipinski definition) is 1. The molecule has 0 saturated carbocycles. The van der Waals surface area contributed by atoms with Crippen LogP contribution < -0.4 is 10.2 Å². The van der Waals surface area contributed by atoms with Crippen LogP contribution in [0.3, 0.4) is 0 Å². The third kappa shape index (κ3) is 5.86. The number of anilines is 2. The van der Waals surface area contributed by atoms with Crippen molar-refractivity contribution < 1.29 is 9.59 Å². The Hall–Kier alpha value is -3.57. The quantitative estimate of drug-likeness (QED) is 0.493. The summed E-state index contributed by atoms with van der Waals surface area (Å²) in [4.78, 5) is 29.2. The molecule has 0 radical (unpaired) electrons. The van der Waals surface area contributed by atoms with Crippen molar-refractivity contribution >= 4 is 40.9 Å². The van der Waals surface area contributed by atoms with Crippen LogP contribution in [-0.2, 0) is 4.79 Å². The first-order chi connectivity index (χ1) is 16.4. The number of nitrogens with zero attached hydrogens (tertiary/aromatic N) is 2. The topological polar surface area (TPSA) is 52.7 Å². The third-order valence-electron chi connectivity index (χ3n) is 5.84. The Bertz CT molecular complexity index is 1200. The van der Waals surface area contributed by atoms with Crippen molar-refractivity contribution in [2.45, 2.75) is 13.8 Å². The summed E-state index contributed by atoms with van der Waals surface area (Å²) in [7, 11) is 0. The normalized spacial score (nSPS) is 13.9. The molecular formula is C28H28ClN3O2. The predicted octanol–water partition coefficient (Wildman–Crippen LogP) is 5.57. The first-order valence-electron chi connectivity index (χ1n) is 11.4. The minimum Gasteiger partial charge on any atom is -0.367 e. The highest BCUT2D eigenvalue weighted by Gasteiger charge is 2.21. The smallest absolute Gasteiger partial charge is 0.255 e. The fraction of sp³-hybridized carbons (Fsp3) is 0.214. The average molecular weight is 474 g/mol. The summed E-state index contributed by atoms with van der Waals surface area (Å²) in [6.45, 7) is 6.58. The van der Waals surface area contributed by atoms with Gasteiger partial charge in [0.2, 0.25) is 5.91 Å². The van der Waals surface area contributed by atoms with Crippen LogP contribution in [0.15, 0.2) is 72.8 Å². The van der Waals surface area contributed by atoms with E-state index in [4.69, 9.17) is 11.6 Å². The van der Waals surface area contributed by atoms with E-state index in [1.165, 1.54) is 0 Å². The SMILES string of the molecule is Cc1cc(C)cc(C(=O)Nc2ccc(N3CCN(C(=O)/C=C/c4ccccc4)CC3)c(Cl)c2)c1. The van der Waals surface area contributed by atoms with Crippen molar-refractivity contribution in [3.05, 3.63) is 100 Å². The van der Waals surface area contributed by atoms with Crippen molar-refractivity contribution in [2.75, 3.05) is 36.4 Å². The molecule has 1 N–H and O–H groups in total. The third-order valence-corrected chi connectivity index (χ3v) is 6.14. The number of piperazine rings is 1. The van der Waals surface area contributed by atoms with E-state index in [1.807, 2.05) is 85.5 Å². The zero-order valence-electron chi connectivity index (χ0n) is 19.4. The van der Waals surface area contributed by atoms with Crippen LogP contribution in [0.1, 0.15) is 27.0 Å². The number of nitrogens with one attached hydrogen (secondary N) is 1. The van der Waals surface area contributed by atoms with E-state index in [0.717, 1.165) is 22.4 Å². The van der Waals surface area contributed by atoms with Crippen LogP contribution in [0, 0.1) is 13.8 Å². The first-order valence-corrected chi connectivity index (χ1v) is 11.7. The lowest BCUT2D eigenvalue weighted by Crippen LogP contribution is -2.48. The second-order valence-corrected chi connectivity index (χ2v) is 8.96. The van der Waals surface area contributed by atoms with Gasteiger partial charge >= 0.3 is 0 Å². The molecule has 5 nitrogen and oxygen atoms in total. The maximum absolute atomic E-state index is 12.7. The minimum absolute atomic E-state index is 0.0130. The van der Waals surface area contributed by atoms with Gasteiger partial charge in [0.1, 0.15) is 0 Å². The van der Waals surface area contributed by atoms with E-state index in [2.05, 4.69) is 10.2 Å². The van der Waals surface area contributed by atoms with Gasteiger partial charge in [-0.25, -0.2) is 0 Å². The Morgan fingerprint density at radius 3 is 2.21 bits per heavy atom. The van der Waals surface area contributed by atoms with Gasteiger partial charge in [-0.05, 0) is 55.8 Å². The first kappa shape index (κ1) is 23.6. The predicted molar refractivity (Wildman–Crippen MR) is 140 cm³/mol. The van der Waals surface area contributed by atoms with Crippen molar-refractivity contribution in [1.29, 1.82) is 0 Å². The van der Waals surface area contributed by atoms with Crippen LogP contribution >= 0.6 is 11.6 Å². The Balaban J connectivity index is 1.35. The minimum atomic E-state index is -0.161. The monoisotopic (exact) mass is 473 g/mol. The molecule has 0 spiro atoms. The molecule has 1 saturated heterocycles. The van der Waals surface area contributed by atoms with E-state index in [1.54, 1.807) is 12.1 Å². The number of hydrogen-bond acceptors (Lipinski definition) is 3. The largest absolute Gasteiger partial charge is 0.367 e. The summed E-state index contributed by atoms with van der Waals surface area (Å²) in [5, 5.41) is 3.50. The van der Waals surface area contributed by atoms with Crippen LogP contribution in [0.5, 0.6) is 0 Å². The maximum Gasteiger partial charge on any atom is 0.255 e. The van der Waals surface area contributed by atoms with Gasteiger partial charge in [-0.15, -0.1) is 0 Å². The maximum atomic E-state index is 12.7. The molecule has 6 heteroatoms. The van der Waals surface area contributed by atoms with Gasteiger partial charge in [-0.1, -0.05) is 59.1 Å². The number of benzene rings is 3. The average Bonchev–Trinajstić information content (AvgIpc) is 2.83. The summed E-state index contributed by atoms with van der Waals surface area (Å²) in [5.41, 5.74) is 5.28. The molecule has 1 fully saturated rings. The molecule has 4 rings (SSSR count). The van der Waals surface area contributed by atoms with Gasteiger partial charge in [-0.3, -0.25) is 9.59 Å². The van der Waals surface area contributed by atoms with Gasteiger partial charge < -0.3 is 15.1 Å². The molecule has 3 aromatic carbocycles. The summed E-state index contributed by atoms with van der Waals surface area (Å²) in [6, 6.07) is 21.1. The highest BCUT2D eigenvalue weighted by atomic mass is 35.5. The molecule has 3 aromatic rings. The molecule has 1 aliphatic heterocycles. The molecule has 1 aliphatic rings. The van der Waals surface area contributed by atoms with Crippen molar-refractivity contribution in [2.24, 2.45) is 0 Å². The van der Waals surface area contributed by atoms with Crippen LogP contribution in [-0.4, -0.2) is 42.9 Å². The summed E-state index contributed by atoms with van der Waals surface area (Å²) in [6.07, 6.45) is 3.47. The van der Waals surface area contributed by atoms with Crippen molar-refractivity contribution in [3.8, 4) is 0 Å². The van der Waals surface area contributed by atoms with Crippen LogP contribution in [0.4, 0.5) is 11.4 Å². The van der Waals surface area contributed by atoms with Crippen LogP contribution in [0.2, 0.25) is 5.02 Å². The fourth-order valence-corrected chi connectivity index (χ4v) is 4.46. The molecule has 0 bridgehead atoms. The van der Waals surface area contributed by atoms with Gasteiger partial charge in [0.25, 0.3) is 5.91 Å². The van der Waals surface area contributed by atoms with E-state index in [-0.39, 0.29) is 11.8 Å². The molecule has 174 valence electrons. The lowest BCUT2D eigenvalue weighted by atomic mass is 10.1. The molecule has 0 atom stereocenters. The zero-order valence-corrected chi connectivity index (χ0v) is 20.2. The number of carbonyl (C=O) groups excluding carboxylic acids is 2. The van der Waals surface area contributed by atoms with E-state index >= 15 is 0 Å². The highest BCUT2D eigenvalue weighted by molar-refractivity contribution is 6.33. The van der Waals surface area contributed by atoms with Crippen LogP contribution in [0.25, 0.3) is 6.08 Å². The van der Waals surface area contributed by atoms with Gasteiger partial charge in [0.15, 0.2) is 0 Å². The van der Waals surface area contributed by atoms with Crippen molar-refractivity contribution in [3.63, 3.8) is 0 Å². The Labute approximate surface area is 205 Å². The summed E-state index contributed by atoms with van der Waals surface area (Å²) < 4.78 is 0. The molecule has 0 aliphatic carbocycles. The lowest BCUT2D eigenvalue weighted by Gasteiger charge is -2.36. The second-order valence-electron chi connectivity index (χ2n) is 8.55. The number of rotatable bonds is 5. The molecule has 2 amide bonds. The molecule has 0 unspecified atom stereocenters. The van der Waals surface area contributed by atoms with E-state index in [9.17, 15) is 9.59 Å². The fourth-order valence-electron chi connectivity index (χ4n) is 4.15. The number of carbonyl (C=O) groups is 2. The van der Waals surface area contributed by atoms with Gasteiger partial charge in [-0.2, -0.15) is 0 Å². The van der Waals surface area contributed by atoms with E-state index < -0.39 is 0 Å². The number of amides is 2. The summed E-state index contributed by atoms with van der Waals surface area (Å²) in [5.74, 6) is -0.148. The standard InChI is InChI=1S/C28H28ClN3O2/c1-20-16-21(2)18-23(17-20)28(34)30-24-9-10-26(25(29)19-24)31-12-14-32(15-13-31)27(33)11-8-22-6-4-3-5-7-22/h3-11,16-19H,12-15H2,1-2H3,(H,30,34)/b11-8+. The lowest BCUT2D eigenvalue weighted by molar-refractivity contribution is -0.126. The van der Waals surface area contributed by atoms with Crippen molar-refractivity contribution in [1.82, 2.24) is 4.90 Å². The second kappa shape index (κ2) is 10.6. The Morgan fingerprint density at radius 2 is 1.56 bits per heavy atom. The Morgan fingerprint density at radius 1 is 0.882 bits per heavy atom. The van der Waals surface area contributed by atoms with E-state index in [0.29, 0.717) is 42.5 Å². The highest BCUT2D eigenvalue weighted by Crippen LogP contribution is 2.30. The Kier molecular flexibility index (Phi) is 7.33. The number of halogens is 1. The summed E-state index contributed by atoms with van der Waals surface area (Å²) >= 11 is 6.57. The van der Waals surface area contributed by atoms with Gasteiger partial charge in [0, 0.05) is 43.5 Å². The number of aryl methyl sites for hydroxylation is 2. The molecule has 34 heavy (non-hydrogen) atoms. The van der Waals surface area contributed by atoms with Gasteiger partial charge in [0.05, 0.1) is 10.7 Å². The zero-order chi connectivity index (χ0) is 24.1. The molecule has 1 heterocycles. The molecular weight excluding hydrogens is 446 g/mol. The molecule has 0 aromatic heterocycles.